The summed E-state index contributed by atoms with van der Waals surface area (Å²) in [5.41, 5.74) is 0.790. The van der Waals surface area contributed by atoms with Gasteiger partial charge in [-0.15, -0.1) is 0 Å². The standard InChI is InChI=1S/C18H20O6/c1-20-14-6-4-5-7-16(14)23-12-18(19)24-11-13-8-9-15(21-2)17(10-13)22-3/h4-10H,11-12H2,1-3H3. The Kier molecular flexibility index (Phi) is 6.31. The smallest absolute Gasteiger partial charge is 0.344 e. The number of carbonyl (C=O) groups is 1. The Labute approximate surface area is 140 Å². The minimum absolute atomic E-state index is 0.120. The largest absolute Gasteiger partial charge is 0.493 e. The fourth-order valence-electron chi connectivity index (χ4n) is 2.05. The van der Waals surface area contributed by atoms with Crippen molar-refractivity contribution in [3.05, 3.63) is 48.0 Å². The summed E-state index contributed by atoms with van der Waals surface area (Å²) >= 11 is 0. The second kappa shape index (κ2) is 8.67. The highest BCUT2D eigenvalue weighted by molar-refractivity contribution is 5.71. The van der Waals surface area contributed by atoms with Crippen molar-refractivity contribution in [2.24, 2.45) is 0 Å². The van der Waals surface area contributed by atoms with E-state index in [1.165, 1.54) is 7.11 Å². The highest BCUT2D eigenvalue weighted by atomic mass is 16.6. The van der Waals surface area contributed by atoms with Crippen LogP contribution in [-0.2, 0) is 16.1 Å². The first kappa shape index (κ1) is 17.5. The third kappa shape index (κ3) is 4.55. The van der Waals surface area contributed by atoms with Crippen LogP contribution in [0.4, 0.5) is 0 Å². The second-order valence-electron chi connectivity index (χ2n) is 4.79. The molecule has 0 aliphatic heterocycles. The second-order valence-corrected chi connectivity index (χ2v) is 4.79. The Hall–Kier alpha value is -2.89. The lowest BCUT2D eigenvalue weighted by molar-refractivity contribution is -0.147. The Morgan fingerprint density at radius 2 is 1.46 bits per heavy atom. The lowest BCUT2D eigenvalue weighted by Crippen LogP contribution is -2.15. The van der Waals surface area contributed by atoms with Crippen LogP contribution in [0.25, 0.3) is 0 Å². The Balaban J connectivity index is 1.87. The highest BCUT2D eigenvalue weighted by Crippen LogP contribution is 2.28. The molecule has 6 heteroatoms. The maximum Gasteiger partial charge on any atom is 0.344 e. The molecule has 2 aromatic rings. The first-order valence-corrected chi connectivity index (χ1v) is 7.30. The van der Waals surface area contributed by atoms with Gasteiger partial charge in [0.15, 0.2) is 29.6 Å². The molecule has 0 spiro atoms. The van der Waals surface area contributed by atoms with E-state index < -0.39 is 5.97 Å². The van der Waals surface area contributed by atoms with Gasteiger partial charge < -0.3 is 23.7 Å². The van der Waals surface area contributed by atoms with Crippen LogP contribution in [0.2, 0.25) is 0 Å². The number of esters is 1. The number of benzene rings is 2. The molecule has 2 rings (SSSR count). The van der Waals surface area contributed by atoms with Gasteiger partial charge in [0.05, 0.1) is 21.3 Å². The van der Waals surface area contributed by atoms with Crippen LogP contribution in [0.15, 0.2) is 42.5 Å². The summed E-state index contributed by atoms with van der Waals surface area (Å²) in [4.78, 5) is 11.8. The molecule has 128 valence electrons. The lowest BCUT2D eigenvalue weighted by atomic mass is 10.2. The zero-order valence-electron chi connectivity index (χ0n) is 13.9. The maximum absolute atomic E-state index is 11.8. The molecular formula is C18H20O6. The molecule has 0 radical (unpaired) electrons. The van der Waals surface area contributed by atoms with Crippen LogP contribution < -0.4 is 18.9 Å². The van der Waals surface area contributed by atoms with E-state index in [4.69, 9.17) is 23.7 Å². The van der Waals surface area contributed by atoms with Crippen molar-refractivity contribution in [1.29, 1.82) is 0 Å². The van der Waals surface area contributed by atoms with E-state index in [1.807, 2.05) is 6.07 Å². The monoisotopic (exact) mass is 332 g/mol. The molecule has 0 heterocycles. The van der Waals surface area contributed by atoms with Crippen molar-refractivity contribution in [3.63, 3.8) is 0 Å². The molecule has 2 aromatic carbocycles. The predicted octanol–water partition coefficient (Wildman–Crippen LogP) is 2.83. The van der Waals surface area contributed by atoms with Crippen molar-refractivity contribution < 1.29 is 28.5 Å². The van der Waals surface area contributed by atoms with Gasteiger partial charge in [-0.2, -0.15) is 0 Å². The molecule has 24 heavy (non-hydrogen) atoms. The van der Waals surface area contributed by atoms with Gasteiger partial charge in [-0.05, 0) is 29.8 Å². The normalized spacial score (nSPS) is 9.96. The molecule has 0 aliphatic carbocycles. The van der Waals surface area contributed by atoms with Gasteiger partial charge in [0.1, 0.15) is 6.61 Å². The summed E-state index contributed by atoms with van der Waals surface area (Å²) < 4.78 is 26.1. The molecule has 0 aromatic heterocycles. The van der Waals surface area contributed by atoms with Crippen molar-refractivity contribution in [1.82, 2.24) is 0 Å². The maximum atomic E-state index is 11.8. The summed E-state index contributed by atoms with van der Waals surface area (Å²) in [5, 5.41) is 0. The summed E-state index contributed by atoms with van der Waals surface area (Å²) in [5.74, 6) is 1.77. The zero-order chi connectivity index (χ0) is 17.4. The number of hydrogen-bond donors (Lipinski definition) is 0. The molecule has 0 saturated carbocycles. The fraction of sp³-hybridized carbons (Fsp3) is 0.278. The number of para-hydroxylation sites is 2. The van der Waals surface area contributed by atoms with Gasteiger partial charge in [-0.1, -0.05) is 18.2 Å². The molecular weight excluding hydrogens is 312 g/mol. The number of rotatable bonds is 8. The van der Waals surface area contributed by atoms with Crippen LogP contribution in [0, 0.1) is 0 Å². The summed E-state index contributed by atoms with van der Waals surface area (Å²) in [6.07, 6.45) is 0. The lowest BCUT2D eigenvalue weighted by Gasteiger charge is -2.11. The van der Waals surface area contributed by atoms with Gasteiger partial charge in [-0.25, -0.2) is 4.79 Å². The molecule has 0 saturated heterocycles. The average molecular weight is 332 g/mol. The van der Waals surface area contributed by atoms with E-state index in [0.29, 0.717) is 23.0 Å². The van der Waals surface area contributed by atoms with Crippen LogP contribution in [0.5, 0.6) is 23.0 Å². The Morgan fingerprint density at radius 3 is 2.12 bits per heavy atom. The molecule has 0 unspecified atom stereocenters. The summed E-state index contributed by atoms with van der Waals surface area (Å²) in [7, 11) is 4.65. The third-order valence-corrected chi connectivity index (χ3v) is 3.26. The molecule has 0 atom stereocenters. The topological polar surface area (TPSA) is 63.2 Å². The molecule has 6 nitrogen and oxygen atoms in total. The first-order valence-electron chi connectivity index (χ1n) is 7.30. The predicted molar refractivity (Wildman–Crippen MR) is 87.8 cm³/mol. The Bertz CT molecular complexity index is 683. The highest BCUT2D eigenvalue weighted by Gasteiger charge is 2.10. The van der Waals surface area contributed by atoms with Gasteiger partial charge in [0.2, 0.25) is 0 Å². The fourth-order valence-corrected chi connectivity index (χ4v) is 2.05. The van der Waals surface area contributed by atoms with E-state index in [-0.39, 0.29) is 13.2 Å². The van der Waals surface area contributed by atoms with Crippen molar-refractivity contribution in [2.45, 2.75) is 6.61 Å². The third-order valence-electron chi connectivity index (χ3n) is 3.26. The van der Waals surface area contributed by atoms with Crippen LogP contribution in [0.1, 0.15) is 5.56 Å². The minimum Gasteiger partial charge on any atom is -0.493 e. The van der Waals surface area contributed by atoms with Gasteiger partial charge >= 0.3 is 5.97 Å². The number of ether oxygens (including phenoxy) is 5. The average Bonchev–Trinajstić information content (AvgIpc) is 2.64. The van der Waals surface area contributed by atoms with E-state index in [1.54, 1.807) is 50.6 Å². The van der Waals surface area contributed by atoms with Crippen LogP contribution in [-0.4, -0.2) is 33.9 Å². The minimum atomic E-state index is -0.476. The molecule has 0 aliphatic rings. The SMILES string of the molecule is COc1ccc(COC(=O)COc2ccccc2OC)cc1OC. The molecule has 0 fully saturated rings. The number of carbonyl (C=O) groups excluding carboxylic acids is 1. The number of hydrogen-bond acceptors (Lipinski definition) is 6. The molecule has 0 bridgehead atoms. The number of methoxy groups -OCH3 is 3. The van der Waals surface area contributed by atoms with Gasteiger partial charge in [0.25, 0.3) is 0 Å². The van der Waals surface area contributed by atoms with E-state index in [2.05, 4.69) is 0 Å². The van der Waals surface area contributed by atoms with Crippen LogP contribution >= 0.6 is 0 Å². The quantitative estimate of drug-likeness (QED) is 0.693. The van der Waals surface area contributed by atoms with Crippen molar-refractivity contribution in [3.8, 4) is 23.0 Å². The van der Waals surface area contributed by atoms with Crippen molar-refractivity contribution in [2.75, 3.05) is 27.9 Å². The van der Waals surface area contributed by atoms with E-state index in [0.717, 1.165) is 5.56 Å². The van der Waals surface area contributed by atoms with Crippen molar-refractivity contribution >= 4 is 5.97 Å². The first-order chi connectivity index (χ1) is 11.7. The van der Waals surface area contributed by atoms with E-state index in [9.17, 15) is 4.79 Å². The summed E-state index contributed by atoms with van der Waals surface area (Å²) in [6, 6.07) is 12.4. The zero-order valence-corrected chi connectivity index (χ0v) is 13.9. The van der Waals surface area contributed by atoms with Gasteiger partial charge in [-0.3, -0.25) is 0 Å². The Morgan fingerprint density at radius 1 is 0.833 bits per heavy atom. The van der Waals surface area contributed by atoms with Crippen LogP contribution in [0.3, 0.4) is 0 Å². The van der Waals surface area contributed by atoms with E-state index >= 15 is 0 Å². The van der Waals surface area contributed by atoms with Gasteiger partial charge in [0, 0.05) is 0 Å². The molecule has 0 amide bonds. The molecule has 0 N–H and O–H groups in total. The summed E-state index contributed by atoms with van der Waals surface area (Å²) in [6.45, 7) is -0.0812.